The zero-order valence-electron chi connectivity index (χ0n) is 16.5. The number of likely N-dealkylation sites (N-methyl/N-ethyl adjacent to an activating group) is 1. The first kappa shape index (κ1) is 22.1. The fraction of sp³-hybridized carbons (Fsp3) is 0.684. The molecule has 27 heavy (non-hydrogen) atoms. The second-order valence-corrected chi connectivity index (χ2v) is 7.47. The Morgan fingerprint density at radius 3 is 2.81 bits per heavy atom. The van der Waals surface area contributed by atoms with E-state index in [4.69, 9.17) is 4.99 Å². The van der Waals surface area contributed by atoms with Crippen molar-refractivity contribution < 1.29 is 4.39 Å². The highest BCUT2D eigenvalue weighted by Gasteiger charge is 2.32. The van der Waals surface area contributed by atoms with Crippen molar-refractivity contribution in [1.29, 1.82) is 0 Å². The third-order valence-corrected chi connectivity index (χ3v) is 5.18. The van der Waals surface area contributed by atoms with Crippen molar-refractivity contribution in [3.8, 4) is 0 Å². The summed E-state index contributed by atoms with van der Waals surface area (Å²) in [5.74, 6) is 1.83. The van der Waals surface area contributed by atoms with Gasteiger partial charge in [0, 0.05) is 37.9 Å². The van der Waals surface area contributed by atoms with Gasteiger partial charge in [-0.2, -0.15) is 0 Å². The van der Waals surface area contributed by atoms with Gasteiger partial charge in [-0.15, -0.1) is 24.0 Å². The molecule has 6 nitrogen and oxygen atoms in total. The molecular weight excluding hydrogens is 458 g/mol. The molecule has 1 aromatic heterocycles. The third kappa shape index (κ3) is 6.17. The lowest BCUT2D eigenvalue weighted by Gasteiger charge is -2.24. The van der Waals surface area contributed by atoms with Crippen LogP contribution in [0.15, 0.2) is 23.3 Å². The molecule has 0 aromatic carbocycles. The summed E-state index contributed by atoms with van der Waals surface area (Å²) < 4.78 is 14.0. The molecule has 2 unspecified atom stereocenters. The number of guanidine groups is 1. The molecule has 2 fully saturated rings. The number of nitrogens with zero attached hydrogens (tertiary/aromatic N) is 4. The van der Waals surface area contributed by atoms with Crippen LogP contribution in [-0.4, -0.2) is 68.2 Å². The lowest BCUT2D eigenvalue weighted by molar-refractivity contribution is 0.271. The lowest BCUT2D eigenvalue weighted by Crippen LogP contribution is -2.45. The van der Waals surface area contributed by atoms with Crippen LogP contribution in [0.25, 0.3) is 0 Å². The zero-order chi connectivity index (χ0) is 18.5. The van der Waals surface area contributed by atoms with Gasteiger partial charge in [0.1, 0.15) is 0 Å². The summed E-state index contributed by atoms with van der Waals surface area (Å²) >= 11 is 0. The quantitative estimate of drug-likeness (QED) is 0.349. The molecule has 0 bridgehead atoms. The van der Waals surface area contributed by atoms with Crippen molar-refractivity contribution in [2.75, 3.05) is 45.2 Å². The molecule has 2 heterocycles. The smallest absolute Gasteiger partial charge is 0.191 e. The maximum Gasteiger partial charge on any atom is 0.191 e. The van der Waals surface area contributed by atoms with Crippen molar-refractivity contribution in [2.45, 2.75) is 38.3 Å². The van der Waals surface area contributed by atoms with E-state index in [2.05, 4.69) is 41.5 Å². The highest BCUT2D eigenvalue weighted by atomic mass is 127. The number of hydrogen-bond donors (Lipinski definition) is 2. The van der Waals surface area contributed by atoms with Crippen LogP contribution < -0.4 is 15.5 Å². The fourth-order valence-corrected chi connectivity index (χ4v) is 3.59. The number of rotatable bonds is 7. The normalized spacial score (nSPS) is 21.1. The van der Waals surface area contributed by atoms with E-state index in [-0.39, 0.29) is 35.8 Å². The minimum absolute atomic E-state index is 0. The second-order valence-electron chi connectivity index (χ2n) is 7.47. The summed E-state index contributed by atoms with van der Waals surface area (Å²) in [5, 5.41) is 6.86. The van der Waals surface area contributed by atoms with Crippen LogP contribution in [0.2, 0.25) is 0 Å². The maximum absolute atomic E-state index is 14.0. The van der Waals surface area contributed by atoms with Crippen molar-refractivity contribution in [1.82, 2.24) is 20.5 Å². The molecule has 0 radical (unpaired) electrons. The van der Waals surface area contributed by atoms with Gasteiger partial charge in [0.05, 0.1) is 6.54 Å². The summed E-state index contributed by atoms with van der Waals surface area (Å²) in [6, 6.07) is 3.84. The van der Waals surface area contributed by atoms with E-state index in [1.165, 1.54) is 18.9 Å². The van der Waals surface area contributed by atoms with E-state index < -0.39 is 0 Å². The number of anilines is 1. The van der Waals surface area contributed by atoms with Gasteiger partial charge in [-0.3, -0.25) is 4.99 Å². The van der Waals surface area contributed by atoms with Crippen LogP contribution in [-0.2, 0) is 0 Å². The van der Waals surface area contributed by atoms with Crippen molar-refractivity contribution in [3.05, 3.63) is 24.1 Å². The minimum Gasteiger partial charge on any atom is -0.357 e. The molecule has 1 aromatic rings. The zero-order valence-corrected chi connectivity index (χ0v) is 18.8. The first-order valence-electron chi connectivity index (χ1n) is 9.65. The molecule has 1 saturated carbocycles. The van der Waals surface area contributed by atoms with Gasteiger partial charge in [-0.05, 0) is 58.3 Å². The highest BCUT2D eigenvalue weighted by molar-refractivity contribution is 14.0. The number of pyridine rings is 1. The first-order valence-corrected chi connectivity index (χ1v) is 9.65. The largest absolute Gasteiger partial charge is 0.357 e. The monoisotopic (exact) mass is 490 g/mol. The molecule has 152 valence electrons. The molecule has 8 heteroatoms. The number of nitrogens with one attached hydrogen (secondary N) is 2. The SMILES string of the molecule is CCNC(=NCC(C1CC1)N(C)C)NC1CCN(c2ncccc2F)C1.I. The Morgan fingerprint density at radius 1 is 1.41 bits per heavy atom. The maximum atomic E-state index is 14.0. The Bertz CT molecular complexity index is 620. The summed E-state index contributed by atoms with van der Waals surface area (Å²) in [6.45, 7) is 5.24. The molecule has 2 atom stereocenters. The van der Waals surface area contributed by atoms with E-state index in [0.717, 1.165) is 44.5 Å². The molecular formula is C19H32FIN6. The molecule has 2 N–H and O–H groups in total. The number of aliphatic imine (C=N–C) groups is 1. The number of hydrogen-bond acceptors (Lipinski definition) is 4. The van der Waals surface area contributed by atoms with Crippen LogP contribution in [0.4, 0.5) is 10.2 Å². The van der Waals surface area contributed by atoms with Gasteiger partial charge in [-0.25, -0.2) is 9.37 Å². The summed E-state index contributed by atoms with van der Waals surface area (Å²) in [6.07, 6.45) is 5.22. The summed E-state index contributed by atoms with van der Waals surface area (Å²) in [7, 11) is 4.27. The third-order valence-electron chi connectivity index (χ3n) is 5.18. The molecule has 1 aliphatic carbocycles. The Balaban J connectivity index is 0.00000261. The fourth-order valence-electron chi connectivity index (χ4n) is 3.59. The molecule has 0 amide bonds. The van der Waals surface area contributed by atoms with Crippen LogP contribution >= 0.6 is 24.0 Å². The van der Waals surface area contributed by atoms with E-state index in [9.17, 15) is 4.39 Å². The minimum atomic E-state index is -0.257. The van der Waals surface area contributed by atoms with E-state index in [0.29, 0.717) is 11.9 Å². The molecule has 1 saturated heterocycles. The Morgan fingerprint density at radius 2 is 2.19 bits per heavy atom. The molecule has 1 aliphatic heterocycles. The Kier molecular flexibility index (Phi) is 8.53. The number of aromatic nitrogens is 1. The topological polar surface area (TPSA) is 55.8 Å². The lowest BCUT2D eigenvalue weighted by atomic mass is 10.2. The van der Waals surface area contributed by atoms with Crippen LogP contribution in [0, 0.1) is 11.7 Å². The molecule has 2 aliphatic rings. The Hall–Kier alpha value is -1.16. The van der Waals surface area contributed by atoms with Gasteiger partial charge in [0.2, 0.25) is 0 Å². The molecule has 0 spiro atoms. The average molecular weight is 490 g/mol. The van der Waals surface area contributed by atoms with E-state index >= 15 is 0 Å². The standard InChI is InChI=1S/C19H31FN6.HI/c1-4-21-19(23-12-17(25(2)3)14-7-8-14)24-15-9-11-26(13-15)18-16(20)6-5-10-22-18;/h5-6,10,14-15,17H,4,7-9,11-13H2,1-3H3,(H2,21,23,24);1H. The van der Waals surface area contributed by atoms with Gasteiger partial charge < -0.3 is 20.4 Å². The van der Waals surface area contributed by atoms with Crippen LogP contribution in [0.3, 0.4) is 0 Å². The van der Waals surface area contributed by atoms with Crippen molar-refractivity contribution in [3.63, 3.8) is 0 Å². The van der Waals surface area contributed by atoms with Crippen LogP contribution in [0.5, 0.6) is 0 Å². The van der Waals surface area contributed by atoms with Gasteiger partial charge in [0.25, 0.3) is 0 Å². The summed E-state index contributed by atoms with van der Waals surface area (Å²) in [4.78, 5) is 13.3. The van der Waals surface area contributed by atoms with Crippen LogP contribution in [0.1, 0.15) is 26.2 Å². The summed E-state index contributed by atoms with van der Waals surface area (Å²) in [5.41, 5.74) is 0. The first-order chi connectivity index (χ1) is 12.6. The van der Waals surface area contributed by atoms with E-state index in [1.807, 2.05) is 4.90 Å². The van der Waals surface area contributed by atoms with E-state index in [1.54, 1.807) is 12.3 Å². The predicted molar refractivity (Wildman–Crippen MR) is 120 cm³/mol. The van der Waals surface area contributed by atoms with Gasteiger partial charge in [-0.1, -0.05) is 0 Å². The highest BCUT2D eigenvalue weighted by Crippen LogP contribution is 2.34. The second kappa shape index (κ2) is 10.4. The Labute approximate surface area is 179 Å². The van der Waals surface area contributed by atoms with Crippen molar-refractivity contribution in [2.24, 2.45) is 10.9 Å². The van der Waals surface area contributed by atoms with Gasteiger partial charge >= 0.3 is 0 Å². The average Bonchev–Trinajstić information content (AvgIpc) is 3.34. The predicted octanol–water partition coefficient (Wildman–Crippen LogP) is 2.31. The molecule has 3 rings (SSSR count). The number of halogens is 2. The van der Waals surface area contributed by atoms with Gasteiger partial charge in [0.15, 0.2) is 17.6 Å². The van der Waals surface area contributed by atoms with Crippen molar-refractivity contribution >= 4 is 35.8 Å².